The normalized spacial score (nSPS) is 21.9. The lowest BCUT2D eigenvalue weighted by Gasteiger charge is -2.36. The molecule has 5 nitrogen and oxygen atoms in total. The molecule has 6 heteroatoms. The van der Waals surface area contributed by atoms with Crippen molar-refractivity contribution in [1.82, 2.24) is 0 Å². The minimum Gasteiger partial charge on any atom is -0.377 e. The van der Waals surface area contributed by atoms with Crippen molar-refractivity contribution >= 4 is 27.3 Å². The second-order valence-corrected chi connectivity index (χ2v) is 6.28. The highest BCUT2D eigenvalue weighted by atomic mass is 79.9. The molecule has 1 aromatic carbocycles. The number of halogens is 1. The van der Waals surface area contributed by atoms with E-state index in [1.54, 1.807) is 12.1 Å². The van der Waals surface area contributed by atoms with Crippen molar-refractivity contribution in [2.75, 3.05) is 11.9 Å². The van der Waals surface area contributed by atoms with E-state index in [9.17, 15) is 10.1 Å². The molecule has 1 aliphatic heterocycles. The lowest BCUT2D eigenvalue weighted by molar-refractivity contribution is -0.384. The Balaban J connectivity index is 2.18. The second kappa shape index (κ2) is 5.46. The lowest BCUT2D eigenvalue weighted by atomic mass is 9.94. The maximum absolute atomic E-state index is 11.0. The van der Waals surface area contributed by atoms with Crippen LogP contribution in [0.1, 0.15) is 26.7 Å². The van der Waals surface area contributed by atoms with Gasteiger partial charge in [-0.15, -0.1) is 0 Å². The Morgan fingerprint density at radius 2 is 2.26 bits per heavy atom. The molecule has 1 atom stereocenters. The van der Waals surface area contributed by atoms with Crippen LogP contribution in [0.2, 0.25) is 0 Å². The first-order valence-electron chi connectivity index (χ1n) is 6.22. The average Bonchev–Trinajstić information content (AvgIpc) is 2.27. The van der Waals surface area contributed by atoms with Gasteiger partial charge in [0, 0.05) is 23.2 Å². The van der Waals surface area contributed by atoms with Gasteiger partial charge in [0.1, 0.15) is 5.69 Å². The topological polar surface area (TPSA) is 64.4 Å². The van der Waals surface area contributed by atoms with E-state index in [-0.39, 0.29) is 22.3 Å². The van der Waals surface area contributed by atoms with Crippen LogP contribution in [0.5, 0.6) is 0 Å². The predicted molar refractivity (Wildman–Crippen MR) is 77.5 cm³/mol. The van der Waals surface area contributed by atoms with Crippen LogP contribution in [0, 0.1) is 10.1 Å². The highest BCUT2D eigenvalue weighted by Crippen LogP contribution is 2.32. The molecule has 0 aliphatic carbocycles. The Labute approximate surface area is 120 Å². The molecule has 1 N–H and O–H groups in total. The second-order valence-electron chi connectivity index (χ2n) is 5.36. The van der Waals surface area contributed by atoms with E-state index in [1.165, 1.54) is 6.07 Å². The van der Waals surface area contributed by atoms with Crippen LogP contribution in [0.3, 0.4) is 0 Å². The fraction of sp³-hybridized carbons (Fsp3) is 0.538. The van der Waals surface area contributed by atoms with Crippen molar-refractivity contribution in [1.29, 1.82) is 0 Å². The number of anilines is 1. The summed E-state index contributed by atoms with van der Waals surface area (Å²) >= 11 is 3.35. The fourth-order valence-corrected chi connectivity index (χ4v) is 2.72. The Hall–Kier alpha value is -1.14. The van der Waals surface area contributed by atoms with Crippen LogP contribution in [0.15, 0.2) is 22.7 Å². The molecule has 1 aliphatic rings. The zero-order valence-electron chi connectivity index (χ0n) is 11.0. The highest BCUT2D eigenvalue weighted by Gasteiger charge is 2.29. The summed E-state index contributed by atoms with van der Waals surface area (Å²) in [5.74, 6) is 0. The van der Waals surface area contributed by atoms with Crippen LogP contribution >= 0.6 is 15.9 Å². The zero-order valence-corrected chi connectivity index (χ0v) is 12.6. The quantitative estimate of drug-likeness (QED) is 0.678. The molecule has 1 saturated heterocycles. The number of nitro groups is 1. The van der Waals surface area contributed by atoms with Crippen molar-refractivity contribution in [3.05, 3.63) is 32.8 Å². The molecule has 0 aromatic heterocycles. The summed E-state index contributed by atoms with van der Waals surface area (Å²) in [5.41, 5.74) is 0.478. The van der Waals surface area contributed by atoms with Crippen molar-refractivity contribution in [2.45, 2.75) is 38.3 Å². The standard InChI is InChI=1S/C13H17BrN2O3/c1-13(2)8-10(5-6-19-13)15-11-7-9(14)3-4-12(11)16(17)18/h3-4,7,10,15H,5-6,8H2,1-2H3. The molecule has 0 radical (unpaired) electrons. The molecule has 19 heavy (non-hydrogen) atoms. The molecule has 1 aromatic rings. The van der Waals surface area contributed by atoms with Gasteiger partial charge >= 0.3 is 0 Å². The number of nitrogens with one attached hydrogen (secondary N) is 1. The largest absolute Gasteiger partial charge is 0.377 e. The summed E-state index contributed by atoms with van der Waals surface area (Å²) in [5, 5.41) is 14.3. The zero-order chi connectivity index (χ0) is 14.0. The van der Waals surface area contributed by atoms with Gasteiger partial charge in [-0.2, -0.15) is 0 Å². The maximum Gasteiger partial charge on any atom is 0.292 e. The van der Waals surface area contributed by atoms with Crippen LogP contribution in [-0.2, 0) is 4.74 Å². The third kappa shape index (κ3) is 3.67. The lowest BCUT2D eigenvalue weighted by Crippen LogP contribution is -2.40. The molecule has 104 valence electrons. The van der Waals surface area contributed by atoms with Gasteiger partial charge in [0.2, 0.25) is 0 Å². The van der Waals surface area contributed by atoms with Crippen LogP contribution < -0.4 is 5.32 Å². The molecule has 0 saturated carbocycles. The number of rotatable bonds is 3. The predicted octanol–water partition coefficient (Wildman–Crippen LogP) is 3.73. The summed E-state index contributed by atoms with van der Waals surface area (Å²) in [7, 11) is 0. The number of nitrogens with zero attached hydrogens (tertiary/aromatic N) is 1. The van der Waals surface area contributed by atoms with Gasteiger partial charge in [0.25, 0.3) is 5.69 Å². The maximum atomic E-state index is 11.0. The fourth-order valence-electron chi connectivity index (χ4n) is 2.36. The SMILES string of the molecule is CC1(C)CC(Nc2cc(Br)ccc2[N+](=O)[O-])CCO1. The molecule has 1 fully saturated rings. The van der Waals surface area contributed by atoms with Gasteiger partial charge in [-0.25, -0.2) is 0 Å². The number of ether oxygens (including phenoxy) is 1. The summed E-state index contributed by atoms with van der Waals surface area (Å²) in [6.07, 6.45) is 1.68. The van der Waals surface area contributed by atoms with E-state index in [1.807, 2.05) is 13.8 Å². The third-order valence-electron chi connectivity index (χ3n) is 3.21. The Morgan fingerprint density at radius 1 is 1.53 bits per heavy atom. The van der Waals surface area contributed by atoms with Gasteiger partial charge in [-0.05, 0) is 38.8 Å². The monoisotopic (exact) mass is 328 g/mol. The summed E-state index contributed by atoms with van der Waals surface area (Å²) < 4.78 is 6.48. The number of hydrogen-bond acceptors (Lipinski definition) is 4. The minimum absolute atomic E-state index is 0.104. The summed E-state index contributed by atoms with van der Waals surface area (Å²) in [4.78, 5) is 10.7. The van der Waals surface area contributed by atoms with E-state index in [2.05, 4.69) is 21.2 Å². The first-order chi connectivity index (χ1) is 8.87. The summed E-state index contributed by atoms with van der Waals surface area (Å²) in [6.45, 7) is 4.75. The van der Waals surface area contributed by atoms with E-state index in [0.717, 1.165) is 17.3 Å². The van der Waals surface area contributed by atoms with Gasteiger partial charge in [0.05, 0.1) is 10.5 Å². The van der Waals surface area contributed by atoms with Crippen molar-refractivity contribution in [3.8, 4) is 0 Å². The highest BCUT2D eigenvalue weighted by molar-refractivity contribution is 9.10. The van der Waals surface area contributed by atoms with E-state index in [4.69, 9.17) is 4.74 Å². The van der Waals surface area contributed by atoms with E-state index >= 15 is 0 Å². The van der Waals surface area contributed by atoms with Gasteiger partial charge in [0.15, 0.2) is 0 Å². The first kappa shape index (κ1) is 14.3. The van der Waals surface area contributed by atoms with Crippen LogP contribution in [0.4, 0.5) is 11.4 Å². The number of benzene rings is 1. The minimum atomic E-state index is -0.362. The molecular weight excluding hydrogens is 312 g/mol. The van der Waals surface area contributed by atoms with E-state index in [0.29, 0.717) is 12.3 Å². The van der Waals surface area contributed by atoms with Crippen molar-refractivity contribution in [3.63, 3.8) is 0 Å². The molecule has 1 heterocycles. The molecular formula is C13H17BrN2O3. The van der Waals surface area contributed by atoms with Gasteiger partial charge in [-0.3, -0.25) is 10.1 Å². The molecule has 1 unspecified atom stereocenters. The summed E-state index contributed by atoms with van der Waals surface area (Å²) in [6, 6.07) is 5.13. The Morgan fingerprint density at radius 3 is 2.89 bits per heavy atom. The number of hydrogen-bond donors (Lipinski definition) is 1. The Bertz CT molecular complexity index is 491. The Kier molecular flexibility index (Phi) is 4.10. The van der Waals surface area contributed by atoms with Crippen LogP contribution in [0.25, 0.3) is 0 Å². The average molecular weight is 329 g/mol. The third-order valence-corrected chi connectivity index (χ3v) is 3.71. The van der Waals surface area contributed by atoms with Gasteiger partial charge in [-0.1, -0.05) is 15.9 Å². The number of nitro benzene ring substituents is 1. The van der Waals surface area contributed by atoms with Crippen LogP contribution in [-0.4, -0.2) is 23.2 Å². The van der Waals surface area contributed by atoms with Gasteiger partial charge < -0.3 is 10.1 Å². The molecule has 2 rings (SSSR count). The first-order valence-corrected chi connectivity index (χ1v) is 7.01. The van der Waals surface area contributed by atoms with Crippen molar-refractivity contribution in [2.24, 2.45) is 0 Å². The molecule has 0 bridgehead atoms. The molecule has 0 amide bonds. The van der Waals surface area contributed by atoms with E-state index < -0.39 is 0 Å². The van der Waals surface area contributed by atoms with Crippen molar-refractivity contribution < 1.29 is 9.66 Å². The molecule has 0 spiro atoms. The smallest absolute Gasteiger partial charge is 0.292 e.